The fourth-order valence-electron chi connectivity index (χ4n) is 8.20. The molecule has 0 aromatic rings. The Morgan fingerprint density at radius 3 is 1.23 bits per heavy atom. The van der Waals surface area contributed by atoms with Gasteiger partial charge in [-0.05, 0) is 103 Å². The van der Waals surface area contributed by atoms with E-state index in [4.69, 9.17) is 28.4 Å². The van der Waals surface area contributed by atoms with Crippen molar-refractivity contribution in [3.63, 3.8) is 0 Å². The molecule has 2 aliphatic heterocycles. The van der Waals surface area contributed by atoms with Crippen molar-refractivity contribution in [2.45, 2.75) is 223 Å². The Balaban J connectivity index is 1.75. The van der Waals surface area contributed by atoms with Crippen LogP contribution in [0.3, 0.4) is 0 Å². The number of aliphatic hydroxyl groups excluding tert-OH is 7. The fraction of sp³-hybridized carbons (Fsp3) is 0.615. The summed E-state index contributed by atoms with van der Waals surface area (Å²) in [5.74, 6) is -0.469. The summed E-state index contributed by atoms with van der Waals surface area (Å²) in [4.78, 5) is 13.0. The summed E-state index contributed by atoms with van der Waals surface area (Å²) >= 11 is 0. The number of hydrogen-bond acceptors (Lipinski definition) is 14. The molecule has 2 heterocycles. The highest BCUT2D eigenvalue weighted by Crippen LogP contribution is 2.26. The van der Waals surface area contributed by atoms with Crippen LogP contribution < -0.4 is 0 Å². The second-order valence-electron chi connectivity index (χ2n) is 19.7. The third-order valence-corrected chi connectivity index (χ3v) is 12.9. The summed E-state index contributed by atoms with van der Waals surface area (Å²) in [5.41, 5.74) is 0. The van der Waals surface area contributed by atoms with Gasteiger partial charge in [-0.3, -0.25) is 4.79 Å². The van der Waals surface area contributed by atoms with Gasteiger partial charge in [0, 0.05) is 13.0 Å². The topological polar surface area (TPSA) is 214 Å². The molecule has 0 aromatic heterocycles. The lowest BCUT2D eigenvalue weighted by molar-refractivity contribution is -0.332. The Morgan fingerprint density at radius 1 is 0.418 bits per heavy atom. The maximum atomic E-state index is 13.0. The Morgan fingerprint density at radius 2 is 0.785 bits per heavy atom. The molecule has 2 saturated heterocycles. The molecule has 0 spiro atoms. The van der Waals surface area contributed by atoms with Gasteiger partial charge in [-0.25, -0.2) is 0 Å². The standard InChI is InChI=1S/C65H102O14/c1-3-5-7-9-11-13-15-17-19-21-23-24-25-26-27-28-29-31-33-35-37-39-41-43-45-47-49-74-51-54(77-57(67)48-46-44-42-40-38-36-34-32-30-22-20-18-16-14-12-10-8-6-4-2)52-75-64-63(73)61(71)59(69)56(79-64)53-76-65-62(72)60(70)58(68)55(50-66)78-65/h5-8,11-14,17-20,23-24,26-27,29-32,36,38,42,44,54-56,58-66,68-73H,3-4,9-10,15-16,21-22,25,28,33-35,37,39-41,43,45-53H2,1-2H3/b7-5-,8-6-,13-11-,14-12-,19-17-,20-18-,24-23-,27-26-,31-29-,32-30-,38-36-,44-42-. The van der Waals surface area contributed by atoms with Crippen LogP contribution in [0.25, 0.3) is 0 Å². The van der Waals surface area contributed by atoms with Crippen LogP contribution in [0.2, 0.25) is 0 Å². The molecular formula is C65H102O14. The van der Waals surface area contributed by atoms with Gasteiger partial charge in [0.2, 0.25) is 0 Å². The molecule has 0 saturated carbocycles. The van der Waals surface area contributed by atoms with E-state index in [1.165, 1.54) is 19.3 Å². The van der Waals surface area contributed by atoms with Crippen LogP contribution in [0.1, 0.15) is 155 Å². The third-order valence-electron chi connectivity index (χ3n) is 12.9. The Kier molecular flexibility index (Phi) is 44.6. The van der Waals surface area contributed by atoms with Gasteiger partial charge in [-0.15, -0.1) is 0 Å². The van der Waals surface area contributed by atoms with E-state index in [9.17, 15) is 40.5 Å². The largest absolute Gasteiger partial charge is 0.457 e. The second kappa shape index (κ2) is 49.7. The smallest absolute Gasteiger partial charge is 0.306 e. The molecule has 2 rings (SSSR count). The SMILES string of the molecule is CC/C=C\C/C=C\C/C=C\C/C=C\C/C=C\C/C=C\CCCCCCCCCOCC(COC1OC(COC2OC(CO)C(O)C(O)C2O)C(O)C(O)C1O)OC(=O)CC/C=C\C/C=C\C/C=C\C/C=C\C/C=C\C/C=C\CC. The molecule has 0 amide bonds. The Hall–Kier alpha value is -4.13. The molecule has 0 aromatic carbocycles. The third kappa shape index (κ3) is 36.1. The molecule has 446 valence electrons. The molecule has 0 bridgehead atoms. The van der Waals surface area contributed by atoms with Crippen molar-refractivity contribution in [3.8, 4) is 0 Å². The average molecular weight is 1110 g/mol. The van der Waals surface area contributed by atoms with E-state index < -0.39 is 86.7 Å². The normalized spacial score (nSPS) is 25.1. The van der Waals surface area contributed by atoms with Gasteiger partial charge in [-0.1, -0.05) is 192 Å². The van der Waals surface area contributed by atoms with E-state index >= 15 is 0 Å². The van der Waals surface area contributed by atoms with Gasteiger partial charge in [-0.2, -0.15) is 0 Å². The first-order valence-electron chi connectivity index (χ1n) is 29.4. The van der Waals surface area contributed by atoms with Crippen LogP contribution in [0.15, 0.2) is 146 Å². The first-order chi connectivity index (χ1) is 38.6. The van der Waals surface area contributed by atoms with Crippen molar-refractivity contribution in [1.82, 2.24) is 0 Å². The van der Waals surface area contributed by atoms with Crippen LogP contribution >= 0.6 is 0 Å². The van der Waals surface area contributed by atoms with Gasteiger partial charge in [0.15, 0.2) is 12.6 Å². The lowest BCUT2D eigenvalue weighted by Crippen LogP contribution is -2.61. The number of carbonyl (C=O) groups excluding carboxylic acids is 1. The van der Waals surface area contributed by atoms with Gasteiger partial charge >= 0.3 is 5.97 Å². The van der Waals surface area contributed by atoms with E-state index in [1.807, 2.05) is 12.2 Å². The summed E-state index contributed by atoms with van der Waals surface area (Å²) in [6.07, 6.45) is 56.3. The van der Waals surface area contributed by atoms with Crippen LogP contribution in [-0.4, -0.2) is 142 Å². The van der Waals surface area contributed by atoms with E-state index in [1.54, 1.807) is 0 Å². The fourth-order valence-corrected chi connectivity index (χ4v) is 8.20. The minimum atomic E-state index is -1.73. The second-order valence-corrected chi connectivity index (χ2v) is 19.7. The lowest BCUT2D eigenvalue weighted by atomic mass is 9.98. The quantitative estimate of drug-likeness (QED) is 0.0172. The highest BCUT2D eigenvalue weighted by molar-refractivity contribution is 5.69. The van der Waals surface area contributed by atoms with Crippen molar-refractivity contribution >= 4 is 5.97 Å². The van der Waals surface area contributed by atoms with E-state index in [0.29, 0.717) is 13.0 Å². The number of carbonyl (C=O) groups is 1. The van der Waals surface area contributed by atoms with Crippen molar-refractivity contribution < 1.29 is 69.0 Å². The molecule has 79 heavy (non-hydrogen) atoms. The number of rotatable bonds is 45. The number of esters is 1. The molecule has 14 nitrogen and oxygen atoms in total. The summed E-state index contributed by atoms with van der Waals surface area (Å²) in [5, 5.41) is 72.4. The Bertz CT molecular complexity index is 1860. The number of unbranched alkanes of at least 4 members (excludes halogenated alkanes) is 7. The van der Waals surface area contributed by atoms with E-state index in [2.05, 4.69) is 148 Å². The lowest BCUT2D eigenvalue weighted by Gasteiger charge is -2.42. The maximum Gasteiger partial charge on any atom is 0.306 e. The van der Waals surface area contributed by atoms with Gasteiger partial charge in [0.25, 0.3) is 0 Å². The summed E-state index contributed by atoms with van der Waals surface area (Å²) in [6.45, 7) is 3.30. The Labute approximate surface area is 474 Å². The van der Waals surface area contributed by atoms with Gasteiger partial charge in [0.05, 0.1) is 26.4 Å². The van der Waals surface area contributed by atoms with Crippen molar-refractivity contribution in [2.24, 2.45) is 0 Å². The van der Waals surface area contributed by atoms with E-state index in [-0.39, 0.29) is 19.6 Å². The maximum absolute atomic E-state index is 13.0. The predicted octanol–water partition coefficient (Wildman–Crippen LogP) is 10.9. The number of aliphatic hydroxyl groups is 7. The minimum Gasteiger partial charge on any atom is -0.457 e. The van der Waals surface area contributed by atoms with Crippen molar-refractivity contribution in [3.05, 3.63) is 146 Å². The van der Waals surface area contributed by atoms with Crippen LogP contribution in [0.5, 0.6) is 0 Å². The summed E-state index contributed by atoms with van der Waals surface area (Å²) in [7, 11) is 0. The summed E-state index contributed by atoms with van der Waals surface area (Å²) in [6, 6.07) is 0. The van der Waals surface area contributed by atoms with Crippen LogP contribution in [0.4, 0.5) is 0 Å². The molecule has 2 fully saturated rings. The molecule has 0 aliphatic carbocycles. The number of allylic oxidation sites excluding steroid dienone is 24. The molecule has 0 radical (unpaired) electrons. The first kappa shape index (κ1) is 71.0. The average Bonchev–Trinajstić information content (AvgIpc) is 3.46. The molecule has 2 aliphatic rings. The zero-order valence-electron chi connectivity index (χ0n) is 47.8. The minimum absolute atomic E-state index is 0.0118. The van der Waals surface area contributed by atoms with Crippen LogP contribution in [-0.2, 0) is 33.2 Å². The molecule has 7 N–H and O–H groups in total. The van der Waals surface area contributed by atoms with Gasteiger partial charge < -0.3 is 64.2 Å². The molecule has 11 atom stereocenters. The predicted molar refractivity (Wildman–Crippen MR) is 316 cm³/mol. The summed E-state index contributed by atoms with van der Waals surface area (Å²) < 4.78 is 34.3. The van der Waals surface area contributed by atoms with E-state index in [0.717, 1.165) is 109 Å². The first-order valence-corrected chi connectivity index (χ1v) is 29.4. The number of hydrogen-bond donors (Lipinski definition) is 7. The zero-order chi connectivity index (χ0) is 57.2. The van der Waals surface area contributed by atoms with Crippen molar-refractivity contribution in [2.75, 3.05) is 33.0 Å². The monoisotopic (exact) mass is 1110 g/mol. The molecule has 11 unspecified atom stereocenters. The number of ether oxygens (including phenoxy) is 6. The highest BCUT2D eigenvalue weighted by atomic mass is 16.7. The van der Waals surface area contributed by atoms with Crippen molar-refractivity contribution in [1.29, 1.82) is 0 Å². The molecule has 14 heteroatoms. The van der Waals surface area contributed by atoms with Crippen LogP contribution in [0, 0.1) is 0 Å². The zero-order valence-corrected chi connectivity index (χ0v) is 47.8. The highest BCUT2D eigenvalue weighted by Gasteiger charge is 2.47. The molecular weight excluding hydrogens is 1000 g/mol. The van der Waals surface area contributed by atoms with Gasteiger partial charge in [0.1, 0.15) is 54.9 Å².